The van der Waals surface area contributed by atoms with Gasteiger partial charge < -0.3 is 5.11 Å². The van der Waals surface area contributed by atoms with Crippen molar-refractivity contribution < 1.29 is 13.5 Å². The van der Waals surface area contributed by atoms with Gasteiger partial charge in [-0.2, -0.15) is 0 Å². The molecular weight excluding hydrogens is 345 g/mol. The number of sulfonamides is 1. The Bertz CT molecular complexity index is 763. The molecule has 0 fully saturated rings. The number of rotatable bonds is 3. The molecule has 0 aliphatic carbocycles. The minimum absolute atomic E-state index is 0.0734. The summed E-state index contributed by atoms with van der Waals surface area (Å²) >= 11 is 17.5. The third-order valence-corrected chi connectivity index (χ3v) is 4.86. The van der Waals surface area contributed by atoms with Crippen LogP contribution in [0.25, 0.3) is 0 Å². The molecule has 0 amide bonds. The maximum absolute atomic E-state index is 12.2. The number of phenolic OH excluding ortho intramolecular Hbond substituents is 1. The molecule has 0 saturated heterocycles. The zero-order valence-electron chi connectivity index (χ0n) is 9.77. The second kappa shape index (κ2) is 5.69. The van der Waals surface area contributed by atoms with Gasteiger partial charge in [0.05, 0.1) is 20.8 Å². The highest BCUT2D eigenvalue weighted by molar-refractivity contribution is 7.92. The average Bonchev–Trinajstić information content (AvgIpc) is 2.36. The molecule has 0 aromatic heterocycles. The van der Waals surface area contributed by atoms with E-state index in [1.54, 1.807) is 0 Å². The Kier molecular flexibility index (Phi) is 4.34. The molecule has 8 heteroatoms. The van der Waals surface area contributed by atoms with Gasteiger partial charge in [0.2, 0.25) is 0 Å². The molecule has 0 saturated carbocycles. The zero-order valence-corrected chi connectivity index (χ0v) is 12.9. The number of halogens is 3. The topological polar surface area (TPSA) is 66.4 Å². The van der Waals surface area contributed by atoms with E-state index >= 15 is 0 Å². The number of hydrogen-bond donors (Lipinski definition) is 2. The lowest BCUT2D eigenvalue weighted by atomic mass is 10.3. The van der Waals surface area contributed by atoms with Gasteiger partial charge in [-0.3, -0.25) is 4.72 Å². The van der Waals surface area contributed by atoms with E-state index in [0.717, 1.165) is 0 Å². The third kappa shape index (κ3) is 3.12. The van der Waals surface area contributed by atoms with E-state index in [4.69, 9.17) is 34.8 Å². The van der Waals surface area contributed by atoms with Crippen LogP contribution in [0.1, 0.15) is 0 Å². The standard InChI is InChI=1S/C12H8Cl3NO3S/c13-7-5-9(15)10(6-8(7)14)16-20(18,19)12-4-2-1-3-11(12)17/h1-6,16-17H. The second-order valence-electron chi connectivity index (χ2n) is 3.82. The van der Waals surface area contributed by atoms with E-state index in [1.807, 2.05) is 0 Å². The van der Waals surface area contributed by atoms with Gasteiger partial charge in [-0.15, -0.1) is 0 Å². The lowest BCUT2D eigenvalue weighted by Crippen LogP contribution is -2.13. The van der Waals surface area contributed by atoms with Crippen molar-refractivity contribution in [1.29, 1.82) is 0 Å². The number of anilines is 1. The maximum atomic E-state index is 12.2. The Morgan fingerprint density at radius 1 is 0.950 bits per heavy atom. The molecule has 0 spiro atoms. The molecule has 2 N–H and O–H groups in total. The van der Waals surface area contributed by atoms with Crippen LogP contribution in [0.3, 0.4) is 0 Å². The molecular formula is C12H8Cl3NO3S. The lowest BCUT2D eigenvalue weighted by Gasteiger charge is -2.11. The second-order valence-corrected chi connectivity index (χ2v) is 6.69. The summed E-state index contributed by atoms with van der Waals surface area (Å²) in [7, 11) is -3.98. The summed E-state index contributed by atoms with van der Waals surface area (Å²) in [4.78, 5) is -0.262. The molecule has 2 rings (SSSR count). The molecule has 4 nitrogen and oxygen atoms in total. The quantitative estimate of drug-likeness (QED) is 0.815. The first-order valence-corrected chi connectivity index (χ1v) is 7.88. The average molecular weight is 353 g/mol. The SMILES string of the molecule is O=S(=O)(Nc1cc(Cl)c(Cl)cc1Cl)c1ccccc1O. The van der Waals surface area contributed by atoms with Gasteiger partial charge in [-0.05, 0) is 24.3 Å². The number of benzene rings is 2. The van der Waals surface area contributed by atoms with E-state index in [9.17, 15) is 13.5 Å². The van der Waals surface area contributed by atoms with Crippen LogP contribution in [0.2, 0.25) is 15.1 Å². The molecule has 0 radical (unpaired) electrons. The molecule has 0 aliphatic heterocycles. The highest BCUT2D eigenvalue weighted by Gasteiger charge is 2.20. The van der Waals surface area contributed by atoms with Crippen LogP contribution in [0, 0.1) is 0 Å². The van der Waals surface area contributed by atoms with Crippen LogP contribution in [-0.2, 0) is 10.0 Å². The normalized spacial score (nSPS) is 11.3. The van der Waals surface area contributed by atoms with Crippen molar-refractivity contribution in [2.45, 2.75) is 4.90 Å². The molecule has 2 aromatic rings. The van der Waals surface area contributed by atoms with Gasteiger partial charge in [0.1, 0.15) is 10.6 Å². The fourth-order valence-corrected chi connectivity index (χ4v) is 3.30. The number of hydrogen-bond acceptors (Lipinski definition) is 3. The zero-order chi connectivity index (χ0) is 14.9. The molecule has 0 unspecified atom stereocenters. The maximum Gasteiger partial charge on any atom is 0.265 e. The molecule has 0 heterocycles. The fraction of sp³-hybridized carbons (Fsp3) is 0. The number of nitrogens with one attached hydrogen (secondary N) is 1. The fourth-order valence-electron chi connectivity index (χ4n) is 1.48. The van der Waals surface area contributed by atoms with Crippen molar-refractivity contribution in [3.05, 3.63) is 51.5 Å². The Labute approximate surface area is 131 Å². The van der Waals surface area contributed by atoms with Crippen molar-refractivity contribution in [2.24, 2.45) is 0 Å². The van der Waals surface area contributed by atoms with Crippen LogP contribution in [0.4, 0.5) is 5.69 Å². The Morgan fingerprint density at radius 2 is 1.55 bits per heavy atom. The van der Waals surface area contributed by atoms with Gasteiger partial charge >= 0.3 is 0 Å². The van der Waals surface area contributed by atoms with Gasteiger partial charge in [0, 0.05) is 0 Å². The summed E-state index contributed by atoms with van der Waals surface area (Å²) in [5, 5.41) is 10.1. The number of aromatic hydroxyl groups is 1. The van der Waals surface area contributed by atoms with Crippen molar-refractivity contribution in [3.63, 3.8) is 0 Å². The predicted octanol–water partition coefficient (Wildman–Crippen LogP) is 4.15. The molecule has 20 heavy (non-hydrogen) atoms. The summed E-state index contributed by atoms with van der Waals surface area (Å²) in [5.74, 6) is -0.365. The van der Waals surface area contributed by atoms with Crippen molar-refractivity contribution >= 4 is 50.5 Å². The summed E-state index contributed by atoms with van der Waals surface area (Å²) < 4.78 is 26.6. The van der Waals surface area contributed by atoms with Crippen LogP contribution in [0.15, 0.2) is 41.3 Å². The highest BCUT2D eigenvalue weighted by atomic mass is 35.5. The van der Waals surface area contributed by atoms with Crippen molar-refractivity contribution in [3.8, 4) is 5.75 Å². The van der Waals surface area contributed by atoms with E-state index < -0.39 is 10.0 Å². The molecule has 0 atom stereocenters. The van der Waals surface area contributed by atoms with E-state index in [1.165, 1.54) is 36.4 Å². The Balaban J connectivity index is 2.44. The van der Waals surface area contributed by atoms with E-state index in [-0.39, 0.29) is 31.4 Å². The van der Waals surface area contributed by atoms with Gasteiger partial charge in [0.15, 0.2) is 0 Å². The van der Waals surface area contributed by atoms with Crippen LogP contribution in [0.5, 0.6) is 5.75 Å². The number of phenols is 1. The Hall–Kier alpha value is -1.14. The number of para-hydroxylation sites is 1. The first-order chi connectivity index (χ1) is 9.31. The van der Waals surface area contributed by atoms with Gasteiger partial charge in [0.25, 0.3) is 10.0 Å². The first-order valence-electron chi connectivity index (χ1n) is 5.26. The van der Waals surface area contributed by atoms with Crippen molar-refractivity contribution in [1.82, 2.24) is 0 Å². The van der Waals surface area contributed by atoms with Crippen molar-refractivity contribution in [2.75, 3.05) is 4.72 Å². The molecule has 106 valence electrons. The van der Waals surface area contributed by atoms with Crippen LogP contribution in [-0.4, -0.2) is 13.5 Å². The Morgan fingerprint density at radius 3 is 2.20 bits per heavy atom. The minimum atomic E-state index is -3.98. The minimum Gasteiger partial charge on any atom is -0.507 e. The van der Waals surface area contributed by atoms with Crippen LogP contribution >= 0.6 is 34.8 Å². The monoisotopic (exact) mass is 351 g/mol. The summed E-state index contributed by atoms with van der Waals surface area (Å²) in [6, 6.07) is 8.16. The van der Waals surface area contributed by atoms with Gasteiger partial charge in [-0.25, -0.2) is 8.42 Å². The largest absolute Gasteiger partial charge is 0.507 e. The summed E-state index contributed by atoms with van der Waals surface area (Å²) in [6.45, 7) is 0. The predicted molar refractivity (Wildman–Crippen MR) is 80.4 cm³/mol. The van der Waals surface area contributed by atoms with Crippen LogP contribution < -0.4 is 4.72 Å². The van der Waals surface area contributed by atoms with E-state index in [0.29, 0.717) is 0 Å². The van der Waals surface area contributed by atoms with E-state index in [2.05, 4.69) is 4.72 Å². The lowest BCUT2D eigenvalue weighted by molar-refractivity contribution is 0.459. The van der Waals surface area contributed by atoms with Gasteiger partial charge in [-0.1, -0.05) is 46.9 Å². The molecule has 0 bridgehead atoms. The molecule has 0 aliphatic rings. The summed E-state index contributed by atoms with van der Waals surface area (Å²) in [6.07, 6.45) is 0. The smallest absolute Gasteiger partial charge is 0.265 e. The summed E-state index contributed by atoms with van der Waals surface area (Å²) in [5.41, 5.74) is 0.0734. The first kappa shape index (κ1) is 15.3. The third-order valence-electron chi connectivity index (χ3n) is 2.41. The molecule has 2 aromatic carbocycles. The highest BCUT2D eigenvalue weighted by Crippen LogP contribution is 2.34.